The minimum atomic E-state index is -0.587. The molecule has 0 amide bonds. The quantitative estimate of drug-likeness (QED) is 0.380. The van der Waals surface area contributed by atoms with Gasteiger partial charge in [-0.3, -0.25) is 9.78 Å². The second-order valence-electron chi connectivity index (χ2n) is 5.75. The molecule has 3 aromatic rings. The number of nitrogens with zero attached hydrogens (tertiary/aromatic N) is 1. The maximum atomic E-state index is 12.5. The third-order valence-corrected chi connectivity index (χ3v) is 4.26. The molecule has 2 aromatic carbocycles. The van der Waals surface area contributed by atoms with Crippen LogP contribution in [0.15, 0.2) is 72.8 Å². The topological polar surface area (TPSA) is 65.5 Å². The van der Waals surface area contributed by atoms with E-state index in [1.807, 2.05) is 6.07 Å². The highest BCUT2D eigenvalue weighted by Crippen LogP contribution is 2.35. The van der Waals surface area contributed by atoms with E-state index in [1.54, 1.807) is 60.9 Å². The minimum absolute atomic E-state index is 0.188. The van der Waals surface area contributed by atoms with Crippen molar-refractivity contribution in [1.29, 1.82) is 0 Å². The van der Waals surface area contributed by atoms with Gasteiger partial charge in [0, 0.05) is 18.5 Å². The lowest BCUT2D eigenvalue weighted by molar-refractivity contribution is 0.0734. The molecule has 27 heavy (non-hydrogen) atoms. The van der Waals surface area contributed by atoms with Crippen molar-refractivity contribution in [1.82, 2.24) is 4.98 Å². The van der Waals surface area contributed by atoms with E-state index < -0.39 is 5.97 Å². The largest absolute Gasteiger partial charge is 0.452 e. The van der Waals surface area contributed by atoms with E-state index >= 15 is 0 Å². The van der Waals surface area contributed by atoms with Crippen molar-refractivity contribution in [3.63, 3.8) is 0 Å². The van der Waals surface area contributed by atoms with Crippen molar-refractivity contribution in [2.75, 3.05) is 0 Å². The number of carbonyl (C=O) groups is 2. The van der Waals surface area contributed by atoms with Crippen molar-refractivity contribution in [3.05, 3.63) is 94.5 Å². The molecule has 0 fully saturated rings. The van der Waals surface area contributed by atoms with Crippen LogP contribution in [0.1, 0.15) is 26.3 Å². The fourth-order valence-electron chi connectivity index (χ4n) is 2.63. The number of halogens is 1. The molecule has 4 rings (SSSR count). The molecule has 0 saturated heterocycles. The molecule has 5 nitrogen and oxygen atoms in total. The first-order valence-electron chi connectivity index (χ1n) is 8.07. The molecule has 0 N–H and O–H groups in total. The Morgan fingerprint density at radius 3 is 2.74 bits per heavy atom. The lowest BCUT2D eigenvalue weighted by atomic mass is 10.1. The van der Waals surface area contributed by atoms with Gasteiger partial charge in [0.15, 0.2) is 5.76 Å². The summed E-state index contributed by atoms with van der Waals surface area (Å²) in [5.41, 5.74) is 1.41. The first kappa shape index (κ1) is 17.0. The average molecular weight is 378 g/mol. The number of ether oxygens (including phenoxy) is 2. The van der Waals surface area contributed by atoms with Crippen LogP contribution in [0.4, 0.5) is 0 Å². The summed E-state index contributed by atoms with van der Waals surface area (Å²) in [4.78, 5) is 28.7. The van der Waals surface area contributed by atoms with E-state index in [4.69, 9.17) is 21.1 Å². The third kappa shape index (κ3) is 3.45. The lowest BCUT2D eigenvalue weighted by Crippen LogP contribution is -2.09. The zero-order chi connectivity index (χ0) is 18.8. The number of aromatic nitrogens is 1. The van der Waals surface area contributed by atoms with Gasteiger partial charge >= 0.3 is 5.97 Å². The predicted molar refractivity (Wildman–Crippen MR) is 100 cm³/mol. The number of ketones is 1. The molecular weight excluding hydrogens is 366 g/mol. The van der Waals surface area contributed by atoms with Crippen LogP contribution in [-0.2, 0) is 0 Å². The molecule has 132 valence electrons. The number of pyridine rings is 1. The standard InChI is InChI=1S/C21H12ClNO4/c22-17-6-2-1-5-15(17)21(25)26-14-7-8-16-18(11-14)27-19(20(16)24)10-13-4-3-9-23-12-13/h1-12H/b19-10-. The predicted octanol–water partition coefficient (Wildman–Crippen LogP) is 4.57. The Hall–Kier alpha value is -3.44. The Kier molecular flexibility index (Phi) is 4.44. The van der Waals surface area contributed by atoms with Crippen molar-refractivity contribution >= 4 is 29.4 Å². The first-order valence-corrected chi connectivity index (χ1v) is 8.44. The van der Waals surface area contributed by atoms with Crippen LogP contribution in [-0.4, -0.2) is 16.7 Å². The molecule has 1 aliphatic rings. The van der Waals surface area contributed by atoms with Crippen molar-refractivity contribution in [2.45, 2.75) is 0 Å². The van der Waals surface area contributed by atoms with Gasteiger partial charge in [-0.05, 0) is 42.0 Å². The third-order valence-electron chi connectivity index (χ3n) is 3.93. The molecule has 0 unspecified atom stereocenters. The molecule has 0 bridgehead atoms. The maximum Gasteiger partial charge on any atom is 0.345 e. The van der Waals surface area contributed by atoms with Gasteiger partial charge in [-0.2, -0.15) is 0 Å². The minimum Gasteiger partial charge on any atom is -0.452 e. The summed E-state index contributed by atoms with van der Waals surface area (Å²) in [6.45, 7) is 0. The van der Waals surface area contributed by atoms with Crippen molar-refractivity contribution in [3.8, 4) is 11.5 Å². The number of fused-ring (bicyclic) bond motifs is 1. The van der Waals surface area contributed by atoms with E-state index in [2.05, 4.69) is 4.98 Å². The number of esters is 1. The van der Waals surface area contributed by atoms with Crippen LogP contribution in [0.25, 0.3) is 6.08 Å². The summed E-state index contributed by atoms with van der Waals surface area (Å²) in [6, 6.07) is 14.8. The van der Waals surface area contributed by atoms with Crippen molar-refractivity contribution in [2.24, 2.45) is 0 Å². The molecule has 0 aliphatic carbocycles. The van der Waals surface area contributed by atoms with E-state index in [-0.39, 0.29) is 22.9 Å². The van der Waals surface area contributed by atoms with Gasteiger partial charge < -0.3 is 9.47 Å². The van der Waals surface area contributed by atoms with Crippen LogP contribution in [0.5, 0.6) is 11.5 Å². The summed E-state index contributed by atoms with van der Waals surface area (Å²) in [7, 11) is 0. The molecule has 1 aliphatic heterocycles. The van der Waals surface area contributed by atoms with E-state index in [0.29, 0.717) is 16.3 Å². The molecule has 0 spiro atoms. The fourth-order valence-corrected chi connectivity index (χ4v) is 2.85. The van der Waals surface area contributed by atoms with Crippen LogP contribution in [0.3, 0.4) is 0 Å². The first-order chi connectivity index (χ1) is 13.1. The van der Waals surface area contributed by atoms with Crippen molar-refractivity contribution < 1.29 is 19.1 Å². The summed E-state index contributed by atoms with van der Waals surface area (Å²) in [6.07, 6.45) is 4.89. The van der Waals surface area contributed by atoms with Gasteiger partial charge in [0.2, 0.25) is 5.78 Å². The number of hydrogen-bond acceptors (Lipinski definition) is 5. The number of rotatable bonds is 3. The van der Waals surface area contributed by atoms with Gasteiger partial charge in [-0.25, -0.2) is 4.79 Å². The summed E-state index contributed by atoms with van der Waals surface area (Å²) in [5, 5.41) is 0.303. The Morgan fingerprint density at radius 1 is 1.11 bits per heavy atom. The maximum absolute atomic E-state index is 12.5. The van der Waals surface area contributed by atoms with E-state index in [1.165, 1.54) is 6.07 Å². The molecule has 0 radical (unpaired) electrons. The zero-order valence-corrected chi connectivity index (χ0v) is 14.6. The van der Waals surface area contributed by atoms with Gasteiger partial charge in [0.25, 0.3) is 0 Å². The Balaban J connectivity index is 1.57. The monoisotopic (exact) mass is 377 g/mol. The zero-order valence-electron chi connectivity index (χ0n) is 13.9. The number of carbonyl (C=O) groups excluding carboxylic acids is 2. The summed E-state index contributed by atoms with van der Waals surface area (Å²) in [5.74, 6) is -0.0462. The SMILES string of the molecule is O=C(Oc1ccc2c(c1)O/C(=C\c1cccnc1)C2=O)c1ccccc1Cl. The number of allylic oxidation sites excluding steroid dienone is 1. The van der Waals surface area contributed by atoms with Gasteiger partial charge in [0.05, 0.1) is 16.1 Å². The molecule has 0 saturated carbocycles. The molecule has 6 heteroatoms. The molecular formula is C21H12ClNO4. The molecule has 0 atom stereocenters. The second kappa shape index (κ2) is 7.05. The lowest BCUT2D eigenvalue weighted by Gasteiger charge is -2.06. The highest BCUT2D eigenvalue weighted by Gasteiger charge is 2.28. The van der Waals surface area contributed by atoms with Gasteiger partial charge in [-0.15, -0.1) is 0 Å². The van der Waals surface area contributed by atoms with Crippen LogP contribution >= 0.6 is 11.6 Å². The van der Waals surface area contributed by atoms with E-state index in [9.17, 15) is 9.59 Å². The summed E-state index contributed by atoms with van der Waals surface area (Å²) < 4.78 is 11.0. The van der Waals surface area contributed by atoms with E-state index in [0.717, 1.165) is 5.56 Å². The summed E-state index contributed by atoms with van der Waals surface area (Å²) >= 11 is 6.01. The molecule has 1 aromatic heterocycles. The Bertz CT molecular complexity index is 1080. The highest BCUT2D eigenvalue weighted by molar-refractivity contribution is 6.33. The second-order valence-corrected chi connectivity index (χ2v) is 6.16. The number of hydrogen-bond donors (Lipinski definition) is 0. The van der Waals surface area contributed by atoms with Gasteiger partial charge in [0.1, 0.15) is 11.5 Å². The smallest absolute Gasteiger partial charge is 0.345 e. The van der Waals surface area contributed by atoms with Crippen LogP contribution in [0.2, 0.25) is 5.02 Å². The highest BCUT2D eigenvalue weighted by atomic mass is 35.5. The average Bonchev–Trinajstić information content (AvgIpc) is 2.98. The number of Topliss-reactive ketones (excluding diaryl/α,β-unsaturated/α-hetero) is 1. The molecule has 2 heterocycles. The van der Waals surface area contributed by atoms with Crippen LogP contribution < -0.4 is 9.47 Å². The number of benzene rings is 2. The van der Waals surface area contributed by atoms with Gasteiger partial charge in [-0.1, -0.05) is 29.8 Å². The fraction of sp³-hybridized carbons (Fsp3) is 0. The Morgan fingerprint density at radius 2 is 1.96 bits per heavy atom. The normalized spacial score (nSPS) is 14.0. The Labute approximate surface area is 159 Å². The van der Waals surface area contributed by atoms with Crippen LogP contribution in [0, 0.1) is 0 Å².